The van der Waals surface area contributed by atoms with E-state index in [0.29, 0.717) is 6.42 Å². The third-order valence-corrected chi connectivity index (χ3v) is 1.91. The molecule has 0 atom stereocenters. The molecule has 0 aliphatic rings. The van der Waals surface area contributed by atoms with Crippen molar-refractivity contribution in [3.8, 4) is 0 Å². The molecule has 1 aromatic rings. The summed E-state index contributed by atoms with van der Waals surface area (Å²) in [4.78, 5) is 10.7. The summed E-state index contributed by atoms with van der Waals surface area (Å²) in [7, 11) is 0. The molecule has 12 heavy (non-hydrogen) atoms. The second-order valence-electron chi connectivity index (χ2n) is 3.55. The molecule has 0 unspecified atom stereocenters. The summed E-state index contributed by atoms with van der Waals surface area (Å²) >= 11 is 0. The van der Waals surface area contributed by atoms with Gasteiger partial charge in [-0.1, -0.05) is 0 Å². The molecule has 0 radical (unpaired) electrons. The molecular formula is C9H14N2O. The molecule has 3 heteroatoms. The van der Waals surface area contributed by atoms with E-state index in [4.69, 9.17) is 5.73 Å². The van der Waals surface area contributed by atoms with Gasteiger partial charge >= 0.3 is 0 Å². The fraction of sp³-hybridized carbons (Fsp3) is 0.444. The highest BCUT2D eigenvalue weighted by Crippen LogP contribution is 2.18. The Morgan fingerprint density at radius 3 is 2.33 bits per heavy atom. The molecule has 0 spiro atoms. The number of carbonyl (C=O) groups excluding carboxylic acids is 1. The van der Waals surface area contributed by atoms with Gasteiger partial charge in [-0.2, -0.15) is 0 Å². The van der Waals surface area contributed by atoms with E-state index in [2.05, 4.69) is 0 Å². The van der Waals surface area contributed by atoms with Crippen LogP contribution < -0.4 is 5.73 Å². The number of aromatic nitrogens is 1. The average Bonchev–Trinajstić information content (AvgIpc) is 2.32. The predicted octanol–water partition coefficient (Wildman–Crippen LogP) is 1.10. The summed E-state index contributed by atoms with van der Waals surface area (Å²) in [5.41, 5.74) is 4.92. The fourth-order valence-corrected chi connectivity index (χ4v) is 1.26. The van der Waals surface area contributed by atoms with Gasteiger partial charge in [-0.3, -0.25) is 4.79 Å². The smallest absolute Gasteiger partial charge is 0.219 e. The lowest BCUT2D eigenvalue weighted by Crippen LogP contribution is -2.31. The van der Waals surface area contributed by atoms with Crippen LogP contribution in [0.3, 0.4) is 0 Å². The minimum Gasteiger partial charge on any atom is -0.370 e. The third kappa shape index (κ3) is 1.87. The third-order valence-electron chi connectivity index (χ3n) is 1.91. The van der Waals surface area contributed by atoms with Gasteiger partial charge in [0.05, 0.1) is 0 Å². The van der Waals surface area contributed by atoms with Gasteiger partial charge in [0, 0.05) is 24.4 Å². The topological polar surface area (TPSA) is 48.0 Å². The first kappa shape index (κ1) is 8.84. The lowest BCUT2D eigenvalue weighted by molar-refractivity contribution is -0.119. The molecule has 1 heterocycles. The molecule has 0 aliphatic heterocycles. The van der Waals surface area contributed by atoms with E-state index < -0.39 is 0 Å². The van der Waals surface area contributed by atoms with E-state index in [-0.39, 0.29) is 11.4 Å². The molecule has 0 aliphatic carbocycles. The van der Waals surface area contributed by atoms with E-state index in [0.717, 1.165) is 0 Å². The zero-order valence-electron chi connectivity index (χ0n) is 7.45. The molecule has 3 nitrogen and oxygen atoms in total. The van der Waals surface area contributed by atoms with E-state index in [9.17, 15) is 4.79 Å². The summed E-state index contributed by atoms with van der Waals surface area (Å²) < 4.78 is 1.98. The van der Waals surface area contributed by atoms with Gasteiger partial charge in [0.15, 0.2) is 0 Å². The number of rotatable bonds is 3. The van der Waals surface area contributed by atoms with Crippen LogP contribution in [0.15, 0.2) is 24.5 Å². The van der Waals surface area contributed by atoms with Crippen LogP contribution in [-0.2, 0) is 10.3 Å². The van der Waals surface area contributed by atoms with Crippen molar-refractivity contribution < 1.29 is 4.79 Å². The van der Waals surface area contributed by atoms with E-state index in [1.54, 1.807) is 0 Å². The Morgan fingerprint density at radius 2 is 1.92 bits per heavy atom. The fourth-order valence-electron chi connectivity index (χ4n) is 1.26. The zero-order valence-corrected chi connectivity index (χ0v) is 7.45. The zero-order chi connectivity index (χ0) is 9.19. The Morgan fingerprint density at radius 1 is 1.42 bits per heavy atom. The second-order valence-corrected chi connectivity index (χ2v) is 3.55. The van der Waals surface area contributed by atoms with Crippen molar-refractivity contribution in [2.75, 3.05) is 0 Å². The maximum absolute atomic E-state index is 10.7. The summed E-state index contributed by atoms with van der Waals surface area (Å²) in [6.45, 7) is 3.97. The van der Waals surface area contributed by atoms with Gasteiger partial charge in [0.2, 0.25) is 5.91 Å². The number of carbonyl (C=O) groups is 1. The average molecular weight is 166 g/mol. The first-order valence-corrected chi connectivity index (χ1v) is 3.94. The Labute approximate surface area is 72.2 Å². The number of hydrogen-bond acceptors (Lipinski definition) is 1. The van der Waals surface area contributed by atoms with Crippen LogP contribution >= 0.6 is 0 Å². The van der Waals surface area contributed by atoms with Crippen LogP contribution in [-0.4, -0.2) is 10.5 Å². The minimum absolute atomic E-state index is 0.213. The molecule has 1 aromatic heterocycles. The highest BCUT2D eigenvalue weighted by atomic mass is 16.1. The molecule has 1 amide bonds. The largest absolute Gasteiger partial charge is 0.370 e. The first-order valence-electron chi connectivity index (χ1n) is 3.94. The second kappa shape index (κ2) is 3.01. The van der Waals surface area contributed by atoms with E-state index in [1.165, 1.54) is 0 Å². The molecule has 66 valence electrons. The summed E-state index contributed by atoms with van der Waals surface area (Å²) in [5, 5.41) is 0. The van der Waals surface area contributed by atoms with Gasteiger partial charge < -0.3 is 10.3 Å². The molecule has 2 N–H and O–H groups in total. The van der Waals surface area contributed by atoms with Crippen molar-refractivity contribution in [3.05, 3.63) is 24.5 Å². The van der Waals surface area contributed by atoms with E-state index in [1.807, 2.05) is 42.9 Å². The normalized spacial score (nSPS) is 11.5. The molecular weight excluding hydrogens is 152 g/mol. The summed E-state index contributed by atoms with van der Waals surface area (Å²) in [6, 6.07) is 3.87. The van der Waals surface area contributed by atoms with Crippen molar-refractivity contribution in [1.29, 1.82) is 0 Å². The van der Waals surface area contributed by atoms with Crippen molar-refractivity contribution in [2.45, 2.75) is 25.8 Å². The Bertz CT molecular complexity index is 262. The molecule has 0 bridgehead atoms. The molecule has 0 saturated heterocycles. The number of primary amides is 1. The Hall–Kier alpha value is -1.25. The van der Waals surface area contributed by atoms with Gasteiger partial charge in [-0.15, -0.1) is 0 Å². The number of nitrogens with zero attached hydrogens (tertiary/aromatic N) is 1. The quantitative estimate of drug-likeness (QED) is 0.718. The van der Waals surface area contributed by atoms with Gasteiger partial charge in [0.25, 0.3) is 0 Å². The summed E-state index contributed by atoms with van der Waals surface area (Å²) in [5.74, 6) is -0.270. The van der Waals surface area contributed by atoms with Crippen molar-refractivity contribution in [3.63, 3.8) is 0 Å². The van der Waals surface area contributed by atoms with Crippen molar-refractivity contribution >= 4 is 5.91 Å². The van der Waals surface area contributed by atoms with Gasteiger partial charge in [0.1, 0.15) is 0 Å². The van der Waals surface area contributed by atoms with Crippen LogP contribution in [0.2, 0.25) is 0 Å². The maximum atomic E-state index is 10.7. The first-order chi connectivity index (χ1) is 5.52. The lowest BCUT2D eigenvalue weighted by Gasteiger charge is -2.25. The van der Waals surface area contributed by atoms with Crippen LogP contribution in [0, 0.1) is 0 Å². The van der Waals surface area contributed by atoms with Gasteiger partial charge in [-0.05, 0) is 26.0 Å². The monoisotopic (exact) mass is 166 g/mol. The number of hydrogen-bond donors (Lipinski definition) is 1. The maximum Gasteiger partial charge on any atom is 0.219 e. The number of amides is 1. The molecule has 0 aromatic carbocycles. The Balaban J connectivity index is 2.79. The molecule has 0 fully saturated rings. The predicted molar refractivity (Wildman–Crippen MR) is 47.6 cm³/mol. The highest BCUT2D eigenvalue weighted by Gasteiger charge is 2.21. The van der Waals surface area contributed by atoms with Crippen LogP contribution in [0.1, 0.15) is 20.3 Å². The van der Waals surface area contributed by atoms with Crippen molar-refractivity contribution in [2.24, 2.45) is 5.73 Å². The summed E-state index contributed by atoms with van der Waals surface area (Å²) in [6.07, 6.45) is 4.23. The van der Waals surface area contributed by atoms with Crippen molar-refractivity contribution in [1.82, 2.24) is 4.57 Å². The standard InChI is InChI=1S/C9H14N2O/c1-9(2,7-8(10)12)11-5-3-4-6-11/h3-6H,7H2,1-2H3,(H2,10,12). The van der Waals surface area contributed by atoms with E-state index >= 15 is 0 Å². The van der Waals surface area contributed by atoms with Gasteiger partial charge in [-0.25, -0.2) is 0 Å². The van der Waals surface area contributed by atoms with Crippen LogP contribution in [0.25, 0.3) is 0 Å². The van der Waals surface area contributed by atoms with Crippen LogP contribution in [0.4, 0.5) is 0 Å². The number of nitrogens with two attached hydrogens (primary N) is 1. The highest BCUT2D eigenvalue weighted by molar-refractivity contribution is 5.74. The lowest BCUT2D eigenvalue weighted by atomic mass is 10.0. The SMILES string of the molecule is CC(C)(CC(N)=O)n1cccc1. The Kier molecular flexibility index (Phi) is 2.22. The minimum atomic E-state index is -0.270. The molecule has 1 rings (SSSR count). The molecule has 0 saturated carbocycles. The van der Waals surface area contributed by atoms with Crippen LogP contribution in [0.5, 0.6) is 0 Å².